The van der Waals surface area contributed by atoms with E-state index < -0.39 is 6.10 Å². The molecule has 0 aromatic heterocycles. The van der Waals surface area contributed by atoms with E-state index in [2.05, 4.69) is 6.92 Å². The highest BCUT2D eigenvalue weighted by Crippen LogP contribution is 2.23. The molecule has 0 spiro atoms. The summed E-state index contributed by atoms with van der Waals surface area (Å²) in [5.41, 5.74) is 0. The van der Waals surface area contributed by atoms with Crippen molar-refractivity contribution in [3.63, 3.8) is 0 Å². The van der Waals surface area contributed by atoms with Gasteiger partial charge < -0.3 is 19.3 Å². The summed E-state index contributed by atoms with van der Waals surface area (Å²) < 4.78 is 16.3. The molecule has 4 nitrogen and oxygen atoms in total. The Morgan fingerprint density at radius 2 is 2.20 bits per heavy atom. The molecule has 90 valence electrons. The molecule has 1 saturated heterocycles. The Labute approximate surface area is 91.5 Å². The maximum absolute atomic E-state index is 9.72. The summed E-state index contributed by atoms with van der Waals surface area (Å²) in [4.78, 5) is 0. The third-order valence-electron chi connectivity index (χ3n) is 2.76. The van der Waals surface area contributed by atoms with Crippen LogP contribution in [0.15, 0.2) is 0 Å². The summed E-state index contributed by atoms with van der Waals surface area (Å²) in [6.45, 7) is 4.67. The molecule has 0 radical (unpaired) electrons. The molecule has 15 heavy (non-hydrogen) atoms. The zero-order valence-electron chi connectivity index (χ0n) is 9.81. The Bertz CT molecular complexity index is 174. The molecule has 4 heteroatoms. The van der Waals surface area contributed by atoms with Crippen LogP contribution in [0.5, 0.6) is 0 Å². The first-order chi connectivity index (χ1) is 7.19. The number of aliphatic hydroxyl groups excluding tert-OH is 1. The normalized spacial score (nSPS) is 36.8. The van der Waals surface area contributed by atoms with Crippen molar-refractivity contribution in [2.45, 2.75) is 57.7 Å². The molecule has 0 amide bonds. The lowest BCUT2D eigenvalue weighted by molar-refractivity contribution is -0.249. The van der Waals surface area contributed by atoms with Crippen molar-refractivity contribution in [3.05, 3.63) is 0 Å². The molecule has 1 heterocycles. The van der Waals surface area contributed by atoms with E-state index in [1.165, 1.54) is 0 Å². The third-order valence-corrected chi connectivity index (χ3v) is 2.76. The van der Waals surface area contributed by atoms with Gasteiger partial charge in [0.15, 0.2) is 6.29 Å². The average Bonchev–Trinajstić information content (AvgIpc) is 2.23. The molecule has 0 saturated carbocycles. The largest absolute Gasteiger partial charge is 0.388 e. The summed E-state index contributed by atoms with van der Waals surface area (Å²) >= 11 is 0. The molecule has 1 rings (SSSR count). The summed E-state index contributed by atoms with van der Waals surface area (Å²) in [5.74, 6) is 0. The van der Waals surface area contributed by atoms with Crippen LogP contribution in [0.4, 0.5) is 0 Å². The van der Waals surface area contributed by atoms with E-state index in [4.69, 9.17) is 14.2 Å². The molecular formula is C11H22O4. The highest BCUT2D eigenvalue weighted by atomic mass is 16.7. The van der Waals surface area contributed by atoms with Gasteiger partial charge >= 0.3 is 0 Å². The zero-order valence-corrected chi connectivity index (χ0v) is 9.81. The summed E-state index contributed by atoms with van der Waals surface area (Å²) in [6, 6.07) is 0. The topological polar surface area (TPSA) is 47.9 Å². The summed E-state index contributed by atoms with van der Waals surface area (Å²) in [5, 5.41) is 9.72. The van der Waals surface area contributed by atoms with Crippen LogP contribution in [0.3, 0.4) is 0 Å². The van der Waals surface area contributed by atoms with E-state index in [1.807, 2.05) is 6.92 Å². The van der Waals surface area contributed by atoms with Gasteiger partial charge in [-0.15, -0.1) is 0 Å². The van der Waals surface area contributed by atoms with Gasteiger partial charge in [-0.3, -0.25) is 0 Å². The standard InChI is InChI=1S/C11H22O4/c1-4-5-6-14-10-7-9(13-3)11(12)8(2)15-10/h8-12H,4-7H2,1-3H3/t8-,9+,10-,11-/m0/s1. The molecule has 1 N–H and O–H groups in total. The number of unbranched alkanes of at least 4 members (excludes halogenated alkanes) is 1. The Hall–Kier alpha value is -0.160. The fourth-order valence-corrected chi connectivity index (χ4v) is 1.71. The smallest absolute Gasteiger partial charge is 0.160 e. The molecule has 1 aliphatic rings. The highest BCUT2D eigenvalue weighted by molar-refractivity contribution is 4.81. The van der Waals surface area contributed by atoms with Gasteiger partial charge in [0.25, 0.3) is 0 Å². The molecule has 0 bridgehead atoms. The van der Waals surface area contributed by atoms with E-state index in [0.717, 1.165) is 12.8 Å². The van der Waals surface area contributed by atoms with Crippen molar-refractivity contribution in [3.8, 4) is 0 Å². The molecule has 0 aliphatic carbocycles. The Morgan fingerprint density at radius 1 is 1.47 bits per heavy atom. The van der Waals surface area contributed by atoms with Gasteiger partial charge in [-0.1, -0.05) is 13.3 Å². The molecule has 4 atom stereocenters. The van der Waals surface area contributed by atoms with Crippen LogP contribution >= 0.6 is 0 Å². The molecule has 0 aromatic rings. The maximum Gasteiger partial charge on any atom is 0.160 e. The number of ether oxygens (including phenoxy) is 3. The van der Waals surface area contributed by atoms with E-state index in [9.17, 15) is 5.11 Å². The van der Waals surface area contributed by atoms with Crippen LogP contribution in [-0.2, 0) is 14.2 Å². The van der Waals surface area contributed by atoms with Crippen molar-refractivity contribution in [1.82, 2.24) is 0 Å². The van der Waals surface area contributed by atoms with Gasteiger partial charge in [-0.2, -0.15) is 0 Å². The predicted octanol–water partition coefficient (Wildman–Crippen LogP) is 1.31. The second-order valence-electron chi connectivity index (χ2n) is 4.00. The second kappa shape index (κ2) is 6.43. The second-order valence-corrected chi connectivity index (χ2v) is 4.00. The lowest BCUT2D eigenvalue weighted by Crippen LogP contribution is -2.48. The maximum atomic E-state index is 9.72. The fourth-order valence-electron chi connectivity index (χ4n) is 1.71. The minimum absolute atomic E-state index is 0.180. The monoisotopic (exact) mass is 218 g/mol. The average molecular weight is 218 g/mol. The predicted molar refractivity (Wildman–Crippen MR) is 56.6 cm³/mol. The van der Waals surface area contributed by atoms with E-state index in [0.29, 0.717) is 13.0 Å². The first-order valence-electron chi connectivity index (χ1n) is 5.67. The van der Waals surface area contributed by atoms with Gasteiger partial charge in [0.05, 0.1) is 12.2 Å². The first-order valence-corrected chi connectivity index (χ1v) is 5.67. The van der Waals surface area contributed by atoms with Gasteiger partial charge in [-0.25, -0.2) is 0 Å². The zero-order chi connectivity index (χ0) is 11.3. The number of methoxy groups -OCH3 is 1. The van der Waals surface area contributed by atoms with Crippen molar-refractivity contribution in [2.24, 2.45) is 0 Å². The van der Waals surface area contributed by atoms with E-state index >= 15 is 0 Å². The Kier molecular flexibility index (Phi) is 5.53. The van der Waals surface area contributed by atoms with Crippen molar-refractivity contribution < 1.29 is 19.3 Å². The van der Waals surface area contributed by atoms with Gasteiger partial charge in [0.2, 0.25) is 0 Å². The summed E-state index contributed by atoms with van der Waals surface area (Å²) in [7, 11) is 1.61. The van der Waals surface area contributed by atoms with Gasteiger partial charge in [0.1, 0.15) is 6.10 Å². The van der Waals surface area contributed by atoms with Crippen LogP contribution in [-0.4, -0.2) is 43.4 Å². The molecule has 0 unspecified atom stereocenters. The Morgan fingerprint density at radius 3 is 2.80 bits per heavy atom. The van der Waals surface area contributed by atoms with Crippen molar-refractivity contribution in [1.29, 1.82) is 0 Å². The quantitative estimate of drug-likeness (QED) is 0.707. The third kappa shape index (κ3) is 3.72. The molecule has 0 aromatic carbocycles. The van der Waals surface area contributed by atoms with E-state index in [-0.39, 0.29) is 18.5 Å². The van der Waals surface area contributed by atoms with E-state index in [1.54, 1.807) is 7.11 Å². The lowest BCUT2D eigenvalue weighted by atomic mass is 10.0. The first kappa shape index (κ1) is 12.9. The van der Waals surface area contributed by atoms with Crippen LogP contribution in [0.1, 0.15) is 33.1 Å². The van der Waals surface area contributed by atoms with Crippen LogP contribution in [0.2, 0.25) is 0 Å². The van der Waals surface area contributed by atoms with Crippen LogP contribution < -0.4 is 0 Å². The number of hydrogen-bond donors (Lipinski definition) is 1. The molecule has 1 fully saturated rings. The fraction of sp³-hybridized carbons (Fsp3) is 1.00. The molecule has 1 aliphatic heterocycles. The minimum Gasteiger partial charge on any atom is -0.388 e. The van der Waals surface area contributed by atoms with Crippen LogP contribution in [0, 0.1) is 0 Å². The lowest BCUT2D eigenvalue weighted by Gasteiger charge is -2.36. The minimum atomic E-state index is -0.555. The number of aliphatic hydroxyl groups is 1. The van der Waals surface area contributed by atoms with Crippen molar-refractivity contribution in [2.75, 3.05) is 13.7 Å². The van der Waals surface area contributed by atoms with Crippen molar-refractivity contribution >= 4 is 0 Å². The molecular weight excluding hydrogens is 196 g/mol. The number of rotatable bonds is 5. The Balaban J connectivity index is 2.34. The number of hydrogen-bond acceptors (Lipinski definition) is 4. The SMILES string of the molecule is CCCCO[C@@H]1C[C@@H](OC)[C@@H](O)[C@H](C)O1. The summed E-state index contributed by atoms with van der Waals surface area (Å²) in [6.07, 6.45) is 1.55. The highest BCUT2D eigenvalue weighted by Gasteiger charge is 2.35. The van der Waals surface area contributed by atoms with Gasteiger partial charge in [-0.05, 0) is 13.3 Å². The van der Waals surface area contributed by atoms with Gasteiger partial charge in [0, 0.05) is 20.1 Å². The van der Waals surface area contributed by atoms with Crippen LogP contribution in [0.25, 0.3) is 0 Å².